The molecule has 1 aliphatic rings. The maximum absolute atomic E-state index is 8.61. The molecular formula is C19H17N2P. The zero-order valence-electron chi connectivity index (χ0n) is 12.1. The standard InChI is InChI=1S/C19H17N2P/c20-19(15-16-9-7-8-14-21-16)22(17-10-3-1-4-11-17)18-12-5-2-6-13-18/h1-15,20-21H. The molecular weight excluding hydrogens is 287 g/mol. The minimum absolute atomic E-state index is 0.634. The van der Waals surface area contributed by atoms with E-state index in [4.69, 9.17) is 5.41 Å². The van der Waals surface area contributed by atoms with E-state index >= 15 is 0 Å². The molecule has 0 spiro atoms. The second kappa shape index (κ2) is 7.02. The van der Waals surface area contributed by atoms with Crippen molar-refractivity contribution in [2.45, 2.75) is 0 Å². The summed E-state index contributed by atoms with van der Waals surface area (Å²) >= 11 is 0. The molecule has 22 heavy (non-hydrogen) atoms. The van der Waals surface area contributed by atoms with Gasteiger partial charge >= 0.3 is 0 Å². The minimum atomic E-state index is -0.828. The van der Waals surface area contributed by atoms with Crippen LogP contribution in [0, 0.1) is 5.41 Å². The number of allylic oxidation sites excluding steroid dienone is 4. The Hall–Kier alpha value is -2.44. The van der Waals surface area contributed by atoms with Crippen LogP contribution in [0.3, 0.4) is 0 Å². The van der Waals surface area contributed by atoms with Gasteiger partial charge in [-0.1, -0.05) is 66.7 Å². The van der Waals surface area contributed by atoms with Crippen LogP contribution in [0.25, 0.3) is 0 Å². The van der Waals surface area contributed by atoms with Gasteiger partial charge in [0, 0.05) is 19.8 Å². The van der Waals surface area contributed by atoms with Gasteiger partial charge in [-0.05, 0) is 28.8 Å². The summed E-state index contributed by atoms with van der Waals surface area (Å²) < 4.78 is 0. The van der Waals surface area contributed by atoms with Crippen LogP contribution in [0.4, 0.5) is 0 Å². The molecule has 0 aliphatic carbocycles. The average molecular weight is 304 g/mol. The highest BCUT2D eigenvalue weighted by molar-refractivity contribution is 7.88. The quantitative estimate of drug-likeness (QED) is 0.656. The lowest BCUT2D eigenvalue weighted by Crippen LogP contribution is -2.17. The fourth-order valence-corrected chi connectivity index (χ4v) is 4.35. The number of hydrogen-bond donors (Lipinski definition) is 2. The van der Waals surface area contributed by atoms with Crippen LogP contribution in [0.2, 0.25) is 0 Å². The lowest BCUT2D eigenvalue weighted by atomic mass is 10.3. The zero-order valence-corrected chi connectivity index (χ0v) is 13.0. The van der Waals surface area contributed by atoms with Crippen LogP contribution in [-0.2, 0) is 0 Å². The Bertz CT molecular complexity index is 691. The zero-order chi connectivity index (χ0) is 15.2. The van der Waals surface area contributed by atoms with Crippen LogP contribution < -0.4 is 15.9 Å². The smallest absolute Gasteiger partial charge is 0.0652 e. The third-order valence-corrected chi connectivity index (χ3v) is 5.54. The summed E-state index contributed by atoms with van der Waals surface area (Å²) in [4.78, 5) is 0. The second-order valence-electron chi connectivity index (χ2n) is 4.85. The molecule has 2 aromatic rings. The molecule has 0 atom stereocenters. The van der Waals surface area contributed by atoms with E-state index in [9.17, 15) is 0 Å². The van der Waals surface area contributed by atoms with Gasteiger partial charge in [0.15, 0.2) is 0 Å². The Morgan fingerprint density at radius 1 is 0.864 bits per heavy atom. The van der Waals surface area contributed by atoms with E-state index in [0.29, 0.717) is 5.45 Å². The van der Waals surface area contributed by atoms with E-state index in [2.05, 4.69) is 29.6 Å². The number of dihydropyridines is 1. The normalized spacial score (nSPS) is 15.0. The third-order valence-electron chi connectivity index (χ3n) is 3.30. The lowest BCUT2D eigenvalue weighted by Gasteiger charge is -2.18. The summed E-state index contributed by atoms with van der Waals surface area (Å²) in [5.74, 6) is 0. The van der Waals surface area contributed by atoms with E-state index in [1.54, 1.807) is 0 Å². The molecule has 0 bridgehead atoms. The Morgan fingerprint density at radius 3 is 1.95 bits per heavy atom. The molecule has 2 aromatic carbocycles. The molecule has 2 N–H and O–H groups in total. The Labute approximate surface area is 132 Å². The average Bonchev–Trinajstić information content (AvgIpc) is 2.58. The number of rotatable bonds is 4. The monoisotopic (exact) mass is 304 g/mol. The predicted molar refractivity (Wildman–Crippen MR) is 96.3 cm³/mol. The van der Waals surface area contributed by atoms with E-state index in [0.717, 1.165) is 5.70 Å². The summed E-state index contributed by atoms with van der Waals surface area (Å²) in [6.45, 7) is 0. The molecule has 1 heterocycles. The Morgan fingerprint density at radius 2 is 1.45 bits per heavy atom. The maximum Gasteiger partial charge on any atom is 0.0652 e. The summed E-state index contributed by atoms with van der Waals surface area (Å²) in [5.41, 5.74) is 1.58. The molecule has 108 valence electrons. The van der Waals surface area contributed by atoms with Crippen LogP contribution in [0.5, 0.6) is 0 Å². The van der Waals surface area contributed by atoms with Crippen molar-refractivity contribution in [2.75, 3.05) is 0 Å². The Kier molecular flexibility index (Phi) is 4.62. The van der Waals surface area contributed by atoms with Crippen molar-refractivity contribution in [2.24, 2.45) is 0 Å². The van der Waals surface area contributed by atoms with Crippen molar-refractivity contribution in [1.82, 2.24) is 5.32 Å². The van der Waals surface area contributed by atoms with Crippen LogP contribution in [0.1, 0.15) is 0 Å². The minimum Gasteiger partial charge on any atom is -0.362 e. The van der Waals surface area contributed by atoms with Gasteiger partial charge < -0.3 is 5.32 Å². The number of benzene rings is 2. The van der Waals surface area contributed by atoms with Crippen LogP contribution in [-0.4, -0.2) is 5.45 Å². The van der Waals surface area contributed by atoms with Crippen molar-refractivity contribution in [1.29, 1.82) is 5.41 Å². The molecule has 0 fully saturated rings. The molecule has 0 aromatic heterocycles. The van der Waals surface area contributed by atoms with Gasteiger partial charge in [-0.25, -0.2) is 0 Å². The first-order valence-electron chi connectivity index (χ1n) is 7.15. The maximum atomic E-state index is 8.61. The van der Waals surface area contributed by atoms with Crippen molar-refractivity contribution >= 4 is 24.0 Å². The first-order valence-corrected chi connectivity index (χ1v) is 8.49. The first-order chi connectivity index (χ1) is 10.8. The molecule has 3 rings (SSSR count). The number of nitrogens with one attached hydrogen (secondary N) is 2. The van der Waals surface area contributed by atoms with E-state index < -0.39 is 7.92 Å². The van der Waals surface area contributed by atoms with E-state index in [1.165, 1.54) is 10.6 Å². The van der Waals surface area contributed by atoms with Gasteiger partial charge in [0.1, 0.15) is 0 Å². The molecule has 0 saturated carbocycles. The van der Waals surface area contributed by atoms with Gasteiger partial charge in [0.2, 0.25) is 0 Å². The number of hydrogen-bond acceptors (Lipinski definition) is 2. The van der Waals surface area contributed by atoms with E-state index in [-0.39, 0.29) is 0 Å². The van der Waals surface area contributed by atoms with Crippen molar-refractivity contribution in [3.8, 4) is 0 Å². The fourth-order valence-electron chi connectivity index (χ4n) is 2.29. The summed E-state index contributed by atoms with van der Waals surface area (Å²) in [6.07, 6.45) is 9.71. The largest absolute Gasteiger partial charge is 0.362 e. The summed E-state index contributed by atoms with van der Waals surface area (Å²) in [5, 5.41) is 14.2. The van der Waals surface area contributed by atoms with Crippen LogP contribution >= 0.6 is 7.92 Å². The highest BCUT2D eigenvalue weighted by atomic mass is 31.1. The summed E-state index contributed by atoms with van der Waals surface area (Å²) in [7, 11) is -0.828. The van der Waals surface area contributed by atoms with Gasteiger partial charge in [-0.3, -0.25) is 5.41 Å². The predicted octanol–water partition coefficient (Wildman–Crippen LogP) is 3.65. The molecule has 0 radical (unpaired) electrons. The molecule has 0 unspecified atom stereocenters. The van der Waals surface area contributed by atoms with Gasteiger partial charge in [-0.15, -0.1) is 0 Å². The van der Waals surface area contributed by atoms with Gasteiger partial charge in [-0.2, -0.15) is 0 Å². The molecule has 3 heteroatoms. The fraction of sp³-hybridized carbons (Fsp3) is 0. The third kappa shape index (κ3) is 3.41. The highest BCUT2D eigenvalue weighted by Crippen LogP contribution is 2.35. The SMILES string of the molecule is N=C(C=C1C=CC=CN1)P(c1ccccc1)c1ccccc1. The van der Waals surface area contributed by atoms with Crippen molar-refractivity contribution in [3.63, 3.8) is 0 Å². The van der Waals surface area contributed by atoms with Gasteiger partial charge in [0.25, 0.3) is 0 Å². The first kappa shape index (κ1) is 14.5. The Balaban J connectivity index is 1.97. The molecule has 1 aliphatic heterocycles. The van der Waals surface area contributed by atoms with Crippen molar-refractivity contribution < 1.29 is 0 Å². The highest BCUT2D eigenvalue weighted by Gasteiger charge is 2.17. The lowest BCUT2D eigenvalue weighted by molar-refractivity contribution is 1.10. The van der Waals surface area contributed by atoms with Gasteiger partial charge in [0.05, 0.1) is 5.45 Å². The topological polar surface area (TPSA) is 35.9 Å². The van der Waals surface area contributed by atoms with Crippen LogP contribution in [0.15, 0.2) is 96.9 Å². The summed E-state index contributed by atoms with van der Waals surface area (Å²) in [6, 6.07) is 20.6. The molecule has 0 saturated heterocycles. The molecule has 0 amide bonds. The second-order valence-corrected chi connectivity index (χ2v) is 7.04. The van der Waals surface area contributed by atoms with Crippen molar-refractivity contribution in [3.05, 3.63) is 96.9 Å². The molecule has 2 nitrogen and oxygen atoms in total. The van der Waals surface area contributed by atoms with E-state index in [1.807, 2.05) is 66.9 Å².